The first-order valence-electron chi connectivity index (χ1n) is 4.73. The van der Waals surface area contributed by atoms with Crippen LogP contribution >= 0.6 is 0 Å². The van der Waals surface area contributed by atoms with Gasteiger partial charge in [0, 0.05) is 6.61 Å². The smallest absolute Gasteiger partial charge is 0.113 e. The zero-order valence-corrected chi connectivity index (χ0v) is 8.09. The lowest BCUT2D eigenvalue weighted by Crippen LogP contribution is -2.08. The van der Waals surface area contributed by atoms with Crippen molar-refractivity contribution in [3.05, 3.63) is 24.3 Å². The third kappa shape index (κ3) is 1.48. The van der Waals surface area contributed by atoms with Crippen LogP contribution in [-0.2, 0) is 0 Å². The molecule has 0 aliphatic heterocycles. The van der Waals surface area contributed by atoms with E-state index in [0.29, 0.717) is 6.42 Å². The molecule has 4 nitrogen and oxygen atoms in total. The fourth-order valence-electron chi connectivity index (χ4n) is 1.52. The molecule has 1 heterocycles. The first-order valence-corrected chi connectivity index (χ1v) is 4.73. The summed E-state index contributed by atoms with van der Waals surface area (Å²) in [6, 6.07) is 8.02. The van der Waals surface area contributed by atoms with Crippen LogP contribution in [0.2, 0.25) is 0 Å². The van der Waals surface area contributed by atoms with Gasteiger partial charge in [0.2, 0.25) is 0 Å². The summed E-state index contributed by atoms with van der Waals surface area (Å²) < 4.78 is 1.85. The number of hydrogen-bond donors (Lipinski definition) is 1. The molecule has 0 spiro atoms. The standard InChI is InChI=1S/C10H13N3O/c1-8(6-7-14)13-10-5-3-2-4-9(10)11-12-13/h2-5,8,14H,6-7H2,1H3/t8-/m0/s1. The van der Waals surface area contributed by atoms with E-state index in [-0.39, 0.29) is 12.6 Å². The molecule has 14 heavy (non-hydrogen) atoms. The Labute approximate surface area is 82.2 Å². The lowest BCUT2D eigenvalue weighted by molar-refractivity contribution is 0.258. The van der Waals surface area contributed by atoms with Crippen LogP contribution in [0.3, 0.4) is 0 Å². The highest BCUT2D eigenvalue weighted by Crippen LogP contribution is 2.16. The summed E-state index contributed by atoms with van der Waals surface area (Å²) in [7, 11) is 0. The van der Waals surface area contributed by atoms with Crippen molar-refractivity contribution >= 4 is 11.0 Å². The molecule has 0 unspecified atom stereocenters. The molecule has 1 N–H and O–H groups in total. The van der Waals surface area contributed by atoms with E-state index in [2.05, 4.69) is 10.3 Å². The van der Waals surface area contributed by atoms with Crippen molar-refractivity contribution in [2.24, 2.45) is 0 Å². The molecule has 4 heteroatoms. The average molecular weight is 191 g/mol. The Morgan fingerprint density at radius 2 is 2.21 bits per heavy atom. The lowest BCUT2D eigenvalue weighted by atomic mass is 10.2. The van der Waals surface area contributed by atoms with Gasteiger partial charge in [-0.3, -0.25) is 0 Å². The monoisotopic (exact) mass is 191 g/mol. The van der Waals surface area contributed by atoms with Crippen LogP contribution in [0.25, 0.3) is 11.0 Å². The first-order chi connectivity index (χ1) is 6.83. The van der Waals surface area contributed by atoms with Gasteiger partial charge in [-0.1, -0.05) is 17.3 Å². The van der Waals surface area contributed by atoms with Gasteiger partial charge >= 0.3 is 0 Å². The Morgan fingerprint density at radius 1 is 1.43 bits per heavy atom. The molecule has 0 saturated carbocycles. The second-order valence-corrected chi connectivity index (χ2v) is 3.38. The minimum Gasteiger partial charge on any atom is -0.396 e. The fraction of sp³-hybridized carbons (Fsp3) is 0.400. The molecule has 1 atom stereocenters. The Morgan fingerprint density at radius 3 is 3.00 bits per heavy atom. The first kappa shape index (κ1) is 9.15. The normalized spacial score (nSPS) is 13.3. The number of rotatable bonds is 3. The fourth-order valence-corrected chi connectivity index (χ4v) is 1.52. The molecule has 2 aromatic rings. The van der Waals surface area contributed by atoms with Crippen LogP contribution in [0, 0.1) is 0 Å². The minimum atomic E-state index is 0.176. The van der Waals surface area contributed by atoms with Gasteiger partial charge in [0.1, 0.15) is 5.52 Å². The van der Waals surface area contributed by atoms with Crippen LogP contribution in [0.1, 0.15) is 19.4 Å². The lowest BCUT2D eigenvalue weighted by Gasteiger charge is -2.09. The average Bonchev–Trinajstić information content (AvgIpc) is 2.61. The van der Waals surface area contributed by atoms with Crippen LogP contribution in [0.5, 0.6) is 0 Å². The molecule has 74 valence electrons. The van der Waals surface area contributed by atoms with E-state index in [4.69, 9.17) is 5.11 Å². The minimum absolute atomic E-state index is 0.176. The molecule has 0 aliphatic carbocycles. The second kappa shape index (κ2) is 3.75. The van der Waals surface area contributed by atoms with E-state index < -0.39 is 0 Å². The van der Waals surface area contributed by atoms with E-state index >= 15 is 0 Å². The van der Waals surface area contributed by atoms with Gasteiger partial charge in [-0.15, -0.1) is 5.10 Å². The van der Waals surface area contributed by atoms with E-state index in [0.717, 1.165) is 11.0 Å². The van der Waals surface area contributed by atoms with Gasteiger partial charge < -0.3 is 5.11 Å². The molecule has 2 rings (SSSR count). The molecule has 1 aromatic carbocycles. The largest absolute Gasteiger partial charge is 0.396 e. The molecule has 0 aliphatic rings. The van der Waals surface area contributed by atoms with Crippen LogP contribution in [0.15, 0.2) is 24.3 Å². The molecule has 0 fully saturated rings. The molecule has 0 amide bonds. The maximum Gasteiger partial charge on any atom is 0.113 e. The van der Waals surface area contributed by atoms with Crippen molar-refractivity contribution in [1.29, 1.82) is 0 Å². The van der Waals surface area contributed by atoms with Crippen molar-refractivity contribution in [1.82, 2.24) is 15.0 Å². The van der Waals surface area contributed by atoms with Gasteiger partial charge in [0.25, 0.3) is 0 Å². The highest BCUT2D eigenvalue weighted by Gasteiger charge is 2.09. The summed E-state index contributed by atoms with van der Waals surface area (Å²) in [5.41, 5.74) is 1.92. The summed E-state index contributed by atoms with van der Waals surface area (Å²) in [4.78, 5) is 0. The number of aromatic nitrogens is 3. The van der Waals surface area contributed by atoms with E-state index in [9.17, 15) is 0 Å². The number of hydrogen-bond acceptors (Lipinski definition) is 3. The summed E-state index contributed by atoms with van der Waals surface area (Å²) in [5, 5.41) is 17.0. The highest BCUT2D eigenvalue weighted by molar-refractivity contribution is 5.73. The van der Waals surface area contributed by atoms with Crippen LogP contribution < -0.4 is 0 Å². The third-order valence-electron chi connectivity index (χ3n) is 2.34. The Hall–Kier alpha value is -1.42. The Balaban J connectivity index is 2.42. The van der Waals surface area contributed by atoms with Crippen molar-refractivity contribution in [2.75, 3.05) is 6.61 Å². The predicted molar refractivity (Wildman–Crippen MR) is 53.9 cm³/mol. The molecule has 1 aromatic heterocycles. The van der Waals surface area contributed by atoms with E-state index in [1.54, 1.807) is 0 Å². The van der Waals surface area contributed by atoms with Crippen molar-refractivity contribution in [3.63, 3.8) is 0 Å². The maximum absolute atomic E-state index is 8.85. The number of aliphatic hydroxyl groups excluding tert-OH is 1. The number of aliphatic hydroxyl groups is 1. The van der Waals surface area contributed by atoms with Gasteiger partial charge in [-0.25, -0.2) is 4.68 Å². The van der Waals surface area contributed by atoms with Gasteiger partial charge in [-0.2, -0.15) is 0 Å². The summed E-state index contributed by atoms with van der Waals surface area (Å²) in [6.45, 7) is 2.20. The zero-order chi connectivity index (χ0) is 9.97. The summed E-state index contributed by atoms with van der Waals surface area (Å²) >= 11 is 0. The molecular formula is C10H13N3O. The molecule has 0 bridgehead atoms. The zero-order valence-electron chi connectivity index (χ0n) is 8.09. The van der Waals surface area contributed by atoms with E-state index in [1.807, 2.05) is 35.9 Å². The van der Waals surface area contributed by atoms with Crippen LogP contribution in [0.4, 0.5) is 0 Å². The number of nitrogens with zero attached hydrogens (tertiary/aromatic N) is 3. The third-order valence-corrected chi connectivity index (χ3v) is 2.34. The quantitative estimate of drug-likeness (QED) is 0.797. The number of fused-ring (bicyclic) bond motifs is 1. The maximum atomic E-state index is 8.85. The van der Waals surface area contributed by atoms with Crippen LogP contribution in [-0.4, -0.2) is 26.7 Å². The molecular weight excluding hydrogens is 178 g/mol. The van der Waals surface area contributed by atoms with Gasteiger partial charge in [-0.05, 0) is 25.5 Å². The van der Waals surface area contributed by atoms with Crippen molar-refractivity contribution in [3.8, 4) is 0 Å². The number of para-hydroxylation sites is 1. The Kier molecular flexibility index (Phi) is 2.45. The topological polar surface area (TPSA) is 50.9 Å². The SMILES string of the molecule is C[C@@H](CCO)n1nnc2ccccc21. The highest BCUT2D eigenvalue weighted by atomic mass is 16.3. The molecule has 0 radical (unpaired) electrons. The summed E-state index contributed by atoms with van der Waals surface area (Å²) in [5.74, 6) is 0. The second-order valence-electron chi connectivity index (χ2n) is 3.38. The van der Waals surface area contributed by atoms with Crippen molar-refractivity contribution in [2.45, 2.75) is 19.4 Å². The van der Waals surface area contributed by atoms with Gasteiger partial charge in [0.15, 0.2) is 0 Å². The Bertz CT molecular complexity index is 424. The van der Waals surface area contributed by atoms with E-state index in [1.165, 1.54) is 0 Å². The van der Waals surface area contributed by atoms with Crippen molar-refractivity contribution < 1.29 is 5.11 Å². The summed E-state index contributed by atoms with van der Waals surface area (Å²) in [6.07, 6.45) is 0.702. The number of benzene rings is 1. The van der Waals surface area contributed by atoms with Gasteiger partial charge in [0.05, 0.1) is 11.6 Å². The molecule has 0 saturated heterocycles. The predicted octanol–water partition coefficient (Wildman–Crippen LogP) is 1.37.